The van der Waals surface area contributed by atoms with Gasteiger partial charge in [0.25, 0.3) is 0 Å². The molecule has 1 fully saturated rings. The van der Waals surface area contributed by atoms with Gasteiger partial charge in [0, 0.05) is 23.8 Å². The van der Waals surface area contributed by atoms with E-state index < -0.39 is 9.84 Å². The van der Waals surface area contributed by atoms with Crippen LogP contribution >= 0.6 is 0 Å². The van der Waals surface area contributed by atoms with Crippen LogP contribution < -0.4 is 5.32 Å². The van der Waals surface area contributed by atoms with Crippen molar-refractivity contribution in [2.45, 2.75) is 19.5 Å². The van der Waals surface area contributed by atoms with Crippen LogP contribution in [0.2, 0.25) is 0 Å². The quantitative estimate of drug-likeness (QED) is 0.898. The van der Waals surface area contributed by atoms with Gasteiger partial charge in [0.2, 0.25) is 0 Å². The number of nitrogens with one attached hydrogen (secondary N) is 2. The third-order valence-electron chi connectivity index (χ3n) is 3.78. The van der Waals surface area contributed by atoms with Crippen molar-refractivity contribution in [2.24, 2.45) is 5.92 Å². The lowest BCUT2D eigenvalue weighted by atomic mass is 10.1. The number of aromatic nitrogens is 1. The zero-order valence-electron chi connectivity index (χ0n) is 10.9. The van der Waals surface area contributed by atoms with Gasteiger partial charge in [0.05, 0.1) is 11.5 Å². The molecule has 0 aliphatic carbocycles. The van der Waals surface area contributed by atoms with Crippen molar-refractivity contribution >= 4 is 20.7 Å². The fraction of sp³-hybridized carbons (Fsp3) is 0.429. The minimum atomic E-state index is -2.85. The van der Waals surface area contributed by atoms with Crippen molar-refractivity contribution in [1.29, 1.82) is 0 Å². The lowest BCUT2D eigenvalue weighted by molar-refractivity contribution is 0.451. The fourth-order valence-electron chi connectivity index (χ4n) is 2.75. The number of benzene rings is 1. The predicted molar refractivity (Wildman–Crippen MR) is 76.7 cm³/mol. The summed E-state index contributed by atoms with van der Waals surface area (Å²) in [5.41, 5.74) is 2.21. The second kappa shape index (κ2) is 4.65. The molecule has 1 saturated heterocycles. The van der Waals surface area contributed by atoms with Gasteiger partial charge in [-0.05, 0) is 23.4 Å². The molecule has 102 valence electrons. The van der Waals surface area contributed by atoms with Crippen LogP contribution in [0.5, 0.6) is 0 Å². The highest BCUT2D eigenvalue weighted by Crippen LogP contribution is 2.20. The second-order valence-electron chi connectivity index (χ2n) is 5.42. The molecule has 4 nitrogen and oxygen atoms in total. The Morgan fingerprint density at radius 3 is 2.79 bits per heavy atom. The molecular formula is C14H18N2O2S. The van der Waals surface area contributed by atoms with Gasteiger partial charge in [-0.25, -0.2) is 8.42 Å². The fourth-order valence-corrected chi connectivity index (χ4v) is 4.92. The normalized spacial score (nSPS) is 25.9. The summed E-state index contributed by atoms with van der Waals surface area (Å²) < 4.78 is 23.1. The monoisotopic (exact) mass is 278 g/mol. The number of hydrogen-bond acceptors (Lipinski definition) is 3. The van der Waals surface area contributed by atoms with E-state index in [-0.39, 0.29) is 17.7 Å². The molecule has 0 saturated carbocycles. The first-order valence-corrected chi connectivity index (χ1v) is 8.36. The van der Waals surface area contributed by atoms with Gasteiger partial charge in [-0.3, -0.25) is 0 Å². The highest BCUT2D eigenvalue weighted by molar-refractivity contribution is 7.91. The van der Waals surface area contributed by atoms with Crippen LogP contribution in [0.4, 0.5) is 0 Å². The van der Waals surface area contributed by atoms with E-state index in [1.54, 1.807) is 0 Å². The largest absolute Gasteiger partial charge is 0.357 e. The van der Waals surface area contributed by atoms with Gasteiger partial charge in [-0.1, -0.05) is 25.1 Å². The van der Waals surface area contributed by atoms with E-state index in [0.29, 0.717) is 12.3 Å². The molecule has 0 spiro atoms. The SMILES string of the molecule is C[C@H]1CS(=O)(=O)C[C@H]1NCc1cc2ccccc2[nH]1. The van der Waals surface area contributed by atoms with E-state index in [1.165, 1.54) is 5.39 Å². The summed E-state index contributed by atoms with van der Waals surface area (Å²) in [4.78, 5) is 3.34. The van der Waals surface area contributed by atoms with Gasteiger partial charge in [0.15, 0.2) is 9.84 Å². The Balaban J connectivity index is 1.69. The molecule has 0 radical (unpaired) electrons. The summed E-state index contributed by atoms with van der Waals surface area (Å²) in [6.45, 7) is 2.67. The lowest BCUT2D eigenvalue weighted by Crippen LogP contribution is -2.34. The van der Waals surface area contributed by atoms with Crippen LogP contribution in [0.3, 0.4) is 0 Å². The van der Waals surface area contributed by atoms with Crippen LogP contribution in [0.25, 0.3) is 10.9 Å². The average Bonchev–Trinajstić information content (AvgIpc) is 2.86. The summed E-state index contributed by atoms with van der Waals surface area (Å²) in [6, 6.07) is 10.3. The molecule has 2 atom stereocenters. The molecule has 0 amide bonds. The van der Waals surface area contributed by atoms with Crippen LogP contribution in [0.15, 0.2) is 30.3 Å². The first-order chi connectivity index (χ1) is 9.03. The van der Waals surface area contributed by atoms with E-state index in [2.05, 4.69) is 22.4 Å². The summed E-state index contributed by atoms with van der Waals surface area (Å²) >= 11 is 0. The maximum atomic E-state index is 11.6. The summed E-state index contributed by atoms with van der Waals surface area (Å²) in [6.07, 6.45) is 0. The van der Waals surface area contributed by atoms with Crippen molar-refractivity contribution in [1.82, 2.24) is 10.3 Å². The van der Waals surface area contributed by atoms with Crippen LogP contribution in [-0.4, -0.2) is 30.9 Å². The number of fused-ring (bicyclic) bond motifs is 1. The van der Waals surface area contributed by atoms with E-state index in [4.69, 9.17) is 0 Å². The summed E-state index contributed by atoms with van der Waals surface area (Å²) in [7, 11) is -2.85. The molecule has 5 heteroatoms. The maximum Gasteiger partial charge on any atom is 0.152 e. The van der Waals surface area contributed by atoms with Gasteiger partial charge >= 0.3 is 0 Å². The predicted octanol–water partition coefficient (Wildman–Crippen LogP) is 1.69. The second-order valence-corrected chi connectivity index (χ2v) is 7.58. The highest BCUT2D eigenvalue weighted by atomic mass is 32.2. The molecule has 1 aromatic carbocycles. The van der Waals surface area contributed by atoms with Gasteiger partial charge in [-0.15, -0.1) is 0 Å². The molecule has 2 aromatic rings. The third kappa shape index (κ3) is 2.67. The summed E-state index contributed by atoms with van der Waals surface area (Å²) in [5.74, 6) is 0.751. The first-order valence-electron chi connectivity index (χ1n) is 6.54. The molecule has 2 N–H and O–H groups in total. The molecule has 2 heterocycles. The Labute approximate surface area is 113 Å². The van der Waals surface area contributed by atoms with Crippen molar-refractivity contribution in [2.75, 3.05) is 11.5 Å². The van der Waals surface area contributed by atoms with E-state index in [0.717, 1.165) is 11.2 Å². The van der Waals surface area contributed by atoms with E-state index >= 15 is 0 Å². The Morgan fingerprint density at radius 1 is 1.32 bits per heavy atom. The molecule has 1 aliphatic heterocycles. The number of hydrogen-bond donors (Lipinski definition) is 2. The smallest absolute Gasteiger partial charge is 0.152 e. The van der Waals surface area contributed by atoms with Gasteiger partial charge < -0.3 is 10.3 Å². The van der Waals surface area contributed by atoms with E-state index in [1.807, 2.05) is 25.1 Å². The zero-order valence-corrected chi connectivity index (χ0v) is 11.7. The Morgan fingerprint density at radius 2 is 2.11 bits per heavy atom. The average molecular weight is 278 g/mol. The minimum absolute atomic E-state index is 0.0661. The number of rotatable bonds is 3. The van der Waals surface area contributed by atoms with Crippen molar-refractivity contribution in [3.63, 3.8) is 0 Å². The van der Waals surface area contributed by atoms with Crippen molar-refractivity contribution in [3.05, 3.63) is 36.0 Å². The van der Waals surface area contributed by atoms with Crippen molar-refractivity contribution in [3.8, 4) is 0 Å². The molecule has 0 bridgehead atoms. The number of sulfone groups is 1. The zero-order chi connectivity index (χ0) is 13.5. The van der Waals surface area contributed by atoms with Crippen LogP contribution in [-0.2, 0) is 16.4 Å². The third-order valence-corrected chi connectivity index (χ3v) is 5.68. The van der Waals surface area contributed by atoms with Crippen molar-refractivity contribution < 1.29 is 8.42 Å². The Bertz CT molecular complexity index is 657. The van der Waals surface area contributed by atoms with Gasteiger partial charge in [0.1, 0.15) is 0 Å². The molecule has 19 heavy (non-hydrogen) atoms. The van der Waals surface area contributed by atoms with Crippen LogP contribution in [0, 0.1) is 5.92 Å². The highest BCUT2D eigenvalue weighted by Gasteiger charge is 2.34. The van der Waals surface area contributed by atoms with Crippen LogP contribution in [0.1, 0.15) is 12.6 Å². The Hall–Kier alpha value is -1.33. The Kier molecular flexibility index (Phi) is 3.11. The maximum absolute atomic E-state index is 11.6. The molecule has 3 rings (SSSR count). The minimum Gasteiger partial charge on any atom is -0.357 e. The van der Waals surface area contributed by atoms with E-state index in [9.17, 15) is 8.42 Å². The number of aromatic amines is 1. The molecule has 0 unspecified atom stereocenters. The summed E-state index contributed by atoms with van der Waals surface area (Å²) in [5, 5.41) is 4.54. The molecular weight excluding hydrogens is 260 g/mol. The first kappa shape index (κ1) is 12.7. The lowest BCUT2D eigenvalue weighted by Gasteiger charge is -2.14. The topological polar surface area (TPSA) is 62.0 Å². The molecule has 1 aromatic heterocycles. The molecule has 1 aliphatic rings. The standard InChI is InChI=1S/C14H18N2O2S/c1-10-8-19(17,18)9-14(10)15-7-12-6-11-4-2-3-5-13(11)16-12/h2-6,10,14-16H,7-9H2,1H3/t10-,14+/m0/s1. The van der Waals surface area contributed by atoms with Gasteiger partial charge in [-0.2, -0.15) is 0 Å². The number of H-pyrrole nitrogens is 1. The number of para-hydroxylation sites is 1.